The van der Waals surface area contributed by atoms with Crippen molar-refractivity contribution < 1.29 is 19.4 Å². The Kier molecular flexibility index (Phi) is 6.04. The molecular weight excluding hydrogens is 260 g/mol. The van der Waals surface area contributed by atoms with Gasteiger partial charge in [0, 0.05) is 13.1 Å². The van der Waals surface area contributed by atoms with Gasteiger partial charge in [-0.15, -0.1) is 0 Å². The molecule has 1 aromatic carbocycles. The maximum Gasteiger partial charge on any atom is 0.305 e. The molecule has 0 saturated heterocycles. The van der Waals surface area contributed by atoms with Crippen molar-refractivity contribution in [1.82, 2.24) is 4.90 Å². The highest BCUT2D eigenvalue weighted by Crippen LogP contribution is 2.11. The molecule has 0 radical (unpaired) electrons. The first-order chi connectivity index (χ1) is 9.56. The molecule has 0 atom stereocenters. The number of hydrogen-bond acceptors (Lipinski definition) is 4. The minimum atomic E-state index is -0.940. The van der Waals surface area contributed by atoms with Crippen LogP contribution < -0.4 is 4.74 Å². The molecule has 0 unspecified atom stereocenters. The van der Waals surface area contributed by atoms with Crippen molar-refractivity contribution in [3.8, 4) is 11.8 Å². The van der Waals surface area contributed by atoms with Crippen molar-refractivity contribution in [3.63, 3.8) is 0 Å². The van der Waals surface area contributed by atoms with Crippen LogP contribution in [0.4, 0.5) is 0 Å². The van der Waals surface area contributed by atoms with E-state index in [1.807, 2.05) is 6.07 Å². The van der Waals surface area contributed by atoms with E-state index in [0.29, 0.717) is 17.9 Å². The van der Waals surface area contributed by atoms with E-state index >= 15 is 0 Å². The molecule has 1 rings (SSSR count). The van der Waals surface area contributed by atoms with Crippen LogP contribution in [0.25, 0.3) is 0 Å². The summed E-state index contributed by atoms with van der Waals surface area (Å²) < 4.78 is 5.31. The molecule has 0 aliphatic rings. The predicted molar refractivity (Wildman–Crippen MR) is 71.2 cm³/mol. The van der Waals surface area contributed by atoms with Crippen molar-refractivity contribution in [3.05, 3.63) is 29.8 Å². The Bertz CT molecular complexity index is 505. The molecule has 0 spiro atoms. The molecule has 0 fully saturated rings. The van der Waals surface area contributed by atoms with Crippen LogP contribution in [0, 0.1) is 11.3 Å². The van der Waals surface area contributed by atoms with Crippen molar-refractivity contribution >= 4 is 11.9 Å². The molecule has 1 N–H and O–H groups in total. The third-order valence-corrected chi connectivity index (χ3v) is 2.68. The quantitative estimate of drug-likeness (QED) is 0.809. The topological polar surface area (TPSA) is 90.6 Å². The van der Waals surface area contributed by atoms with Gasteiger partial charge in [-0.05, 0) is 31.2 Å². The fourth-order valence-corrected chi connectivity index (χ4v) is 1.55. The highest BCUT2D eigenvalue weighted by atomic mass is 16.5. The van der Waals surface area contributed by atoms with E-state index in [1.165, 1.54) is 4.90 Å². The highest BCUT2D eigenvalue weighted by Gasteiger charge is 2.13. The molecule has 106 valence electrons. The summed E-state index contributed by atoms with van der Waals surface area (Å²) in [7, 11) is 0. The molecule has 0 aromatic heterocycles. The van der Waals surface area contributed by atoms with Gasteiger partial charge < -0.3 is 14.7 Å². The summed E-state index contributed by atoms with van der Waals surface area (Å²) in [5.41, 5.74) is 0.514. The van der Waals surface area contributed by atoms with Gasteiger partial charge in [0.25, 0.3) is 5.91 Å². The number of carboxylic acids is 1. The van der Waals surface area contributed by atoms with E-state index in [9.17, 15) is 9.59 Å². The van der Waals surface area contributed by atoms with E-state index in [-0.39, 0.29) is 25.5 Å². The Morgan fingerprint density at radius 3 is 2.50 bits per heavy atom. The minimum absolute atomic E-state index is 0.0869. The Morgan fingerprint density at radius 2 is 2.00 bits per heavy atom. The van der Waals surface area contributed by atoms with Crippen LogP contribution in [0.5, 0.6) is 5.75 Å². The van der Waals surface area contributed by atoms with Crippen LogP contribution >= 0.6 is 0 Å². The standard InChI is InChI=1S/C14H16N2O4/c1-2-16(8-7-14(18)19)13(17)10-20-12-5-3-11(9-15)4-6-12/h3-6H,2,7-8,10H2,1H3,(H,18,19). The fourth-order valence-electron chi connectivity index (χ4n) is 1.55. The number of carboxylic acid groups (broad SMARTS) is 1. The Morgan fingerprint density at radius 1 is 1.35 bits per heavy atom. The number of carbonyl (C=O) groups is 2. The lowest BCUT2D eigenvalue weighted by Gasteiger charge is -2.20. The SMILES string of the molecule is CCN(CCC(=O)O)C(=O)COc1ccc(C#N)cc1. The summed E-state index contributed by atoms with van der Waals surface area (Å²) in [4.78, 5) is 23.8. The number of likely N-dealkylation sites (N-methyl/N-ethyl adjacent to an activating group) is 1. The molecule has 0 aliphatic heterocycles. The monoisotopic (exact) mass is 276 g/mol. The number of nitriles is 1. The molecule has 0 bridgehead atoms. The molecular formula is C14H16N2O4. The number of nitrogens with zero attached hydrogens (tertiary/aromatic N) is 2. The van der Waals surface area contributed by atoms with Gasteiger partial charge in [0.05, 0.1) is 18.1 Å². The van der Waals surface area contributed by atoms with Gasteiger partial charge in [0.2, 0.25) is 0 Å². The summed E-state index contributed by atoms with van der Waals surface area (Å²) in [6, 6.07) is 8.41. The van der Waals surface area contributed by atoms with Crippen LogP contribution in [0.2, 0.25) is 0 Å². The second-order valence-corrected chi connectivity index (χ2v) is 4.04. The average Bonchev–Trinajstić information content (AvgIpc) is 2.46. The van der Waals surface area contributed by atoms with Gasteiger partial charge in [-0.1, -0.05) is 0 Å². The molecule has 1 amide bonds. The number of benzene rings is 1. The number of rotatable bonds is 7. The lowest BCUT2D eigenvalue weighted by molar-refractivity contribution is -0.139. The Hall–Kier alpha value is -2.55. The molecule has 6 nitrogen and oxygen atoms in total. The fraction of sp³-hybridized carbons (Fsp3) is 0.357. The second kappa shape index (κ2) is 7.79. The van der Waals surface area contributed by atoms with Crippen LogP contribution in [-0.4, -0.2) is 41.6 Å². The van der Waals surface area contributed by atoms with Gasteiger partial charge in [0.15, 0.2) is 6.61 Å². The number of amides is 1. The molecule has 0 saturated carbocycles. The van der Waals surface area contributed by atoms with E-state index in [0.717, 1.165) is 0 Å². The van der Waals surface area contributed by atoms with Crippen molar-refractivity contribution in [2.45, 2.75) is 13.3 Å². The zero-order valence-corrected chi connectivity index (χ0v) is 11.2. The largest absolute Gasteiger partial charge is 0.484 e. The lowest BCUT2D eigenvalue weighted by atomic mass is 10.2. The first kappa shape index (κ1) is 15.5. The van der Waals surface area contributed by atoms with E-state index in [4.69, 9.17) is 15.1 Å². The van der Waals surface area contributed by atoms with E-state index in [2.05, 4.69) is 0 Å². The third-order valence-electron chi connectivity index (χ3n) is 2.68. The third kappa shape index (κ3) is 4.98. The van der Waals surface area contributed by atoms with Crippen LogP contribution in [-0.2, 0) is 9.59 Å². The molecule has 1 aromatic rings. The van der Waals surface area contributed by atoms with Crippen LogP contribution in [0.1, 0.15) is 18.9 Å². The number of hydrogen-bond donors (Lipinski definition) is 1. The Balaban J connectivity index is 2.47. The number of ether oxygens (including phenoxy) is 1. The summed E-state index contributed by atoms with van der Waals surface area (Å²) in [6.07, 6.45) is -0.0869. The zero-order valence-electron chi connectivity index (χ0n) is 11.2. The van der Waals surface area contributed by atoms with Crippen molar-refractivity contribution in [2.24, 2.45) is 0 Å². The molecule has 0 aliphatic carbocycles. The molecule has 6 heteroatoms. The maximum atomic E-state index is 11.8. The van der Waals surface area contributed by atoms with Crippen molar-refractivity contribution in [2.75, 3.05) is 19.7 Å². The lowest BCUT2D eigenvalue weighted by Crippen LogP contribution is -2.36. The summed E-state index contributed by atoms with van der Waals surface area (Å²) in [5.74, 6) is -0.714. The maximum absolute atomic E-state index is 11.8. The van der Waals surface area contributed by atoms with Crippen LogP contribution in [0.3, 0.4) is 0 Å². The number of carbonyl (C=O) groups excluding carboxylic acids is 1. The van der Waals surface area contributed by atoms with E-state index in [1.54, 1.807) is 31.2 Å². The summed E-state index contributed by atoms with van der Waals surface area (Å²) >= 11 is 0. The predicted octanol–water partition coefficient (Wildman–Crippen LogP) is 1.26. The minimum Gasteiger partial charge on any atom is -0.484 e. The zero-order chi connectivity index (χ0) is 15.0. The first-order valence-electron chi connectivity index (χ1n) is 6.19. The van der Waals surface area contributed by atoms with Gasteiger partial charge in [0.1, 0.15) is 5.75 Å². The van der Waals surface area contributed by atoms with Crippen LogP contribution in [0.15, 0.2) is 24.3 Å². The second-order valence-electron chi connectivity index (χ2n) is 4.04. The number of aliphatic carboxylic acids is 1. The van der Waals surface area contributed by atoms with E-state index < -0.39 is 5.97 Å². The normalized spacial score (nSPS) is 9.60. The van der Waals surface area contributed by atoms with Gasteiger partial charge >= 0.3 is 5.97 Å². The summed E-state index contributed by atoms with van der Waals surface area (Å²) in [5, 5.41) is 17.3. The summed E-state index contributed by atoms with van der Waals surface area (Å²) in [6.45, 7) is 2.23. The highest BCUT2D eigenvalue weighted by molar-refractivity contribution is 5.78. The van der Waals surface area contributed by atoms with Gasteiger partial charge in [-0.2, -0.15) is 5.26 Å². The van der Waals surface area contributed by atoms with Gasteiger partial charge in [-0.3, -0.25) is 9.59 Å². The molecule has 0 heterocycles. The Labute approximate surface area is 117 Å². The van der Waals surface area contributed by atoms with Gasteiger partial charge in [-0.25, -0.2) is 0 Å². The smallest absolute Gasteiger partial charge is 0.305 e. The average molecular weight is 276 g/mol. The van der Waals surface area contributed by atoms with Crippen molar-refractivity contribution in [1.29, 1.82) is 5.26 Å². The molecule has 20 heavy (non-hydrogen) atoms. The first-order valence-corrected chi connectivity index (χ1v) is 6.19.